The van der Waals surface area contributed by atoms with Crippen molar-refractivity contribution in [2.45, 2.75) is 6.92 Å². The molecule has 0 spiro atoms. The number of rotatable bonds is 2. The highest BCUT2D eigenvalue weighted by atomic mass is 79.9. The Balaban J connectivity index is 2.25. The molecule has 75 valence electrons. The molecule has 1 heterocycles. The summed E-state index contributed by atoms with van der Waals surface area (Å²) in [6.45, 7) is 2.00. The van der Waals surface area contributed by atoms with Gasteiger partial charge in [-0.2, -0.15) is 0 Å². The van der Waals surface area contributed by atoms with Crippen LogP contribution in [-0.4, -0.2) is 4.98 Å². The topological polar surface area (TPSA) is 22.1 Å². The molecule has 0 aliphatic rings. The van der Waals surface area contributed by atoms with Crippen molar-refractivity contribution in [3.63, 3.8) is 0 Å². The molecule has 0 saturated heterocycles. The van der Waals surface area contributed by atoms with E-state index in [2.05, 4.69) is 27.0 Å². The lowest BCUT2D eigenvalue weighted by atomic mass is 10.2. The Bertz CT molecular complexity index is 456. The molecule has 0 aliphatic carbocycles. The summed E-state index contributed by atoms with van der Waals surface area (Å²) in [5.74, 6) is 1.40. The van der Waals surface area contributed by atoms with E-state index in [0.717, 1.165) is 15.8 Å². The fourth-order valence-corrected chi connectivity index (χ4v) is 1.68. The second-order valence-corrected chi connectivity index (χ2v) is 4.02. The SMILES string of the molecule is Cc1cc(Br)ccc1Oc1cc[c]cn1. The lowest BCUT2D eigenvalue weighted by Crippen LogP contribution is -1.89. The van der Waals surface area contributed by atoms with Gasteiger partial charge in [-0.15, -0.1) is 0 Å². The normalized spacial score (nSPS) is 10.0. The summed E-state index contributed by atoms with van der Waals surface area (Å²) < 4.78 is 6.66. The Labute approximate surface area is 97.1 Å². The summed E-state index contributed by atoms with van der Waals surface area (Å²) in [5, 5.41) is 0. The largest absolute Gasteiger partial charge is 0.439 e. The average Bonchev–Trinajstić information content (AvgIpc) is 2.24. The van der Waals surface area contributed by atoms with Gasteiger partial charge in [0.15, 0.2) is 0 Å². The van der Waals surface area contributed by atoms with Gasteiger partial charge in [0.1, 0.15) is 5.75 Å². The molecule has 0 fully saturated rings. The second kappa shape index (κ2) is 4.45. The number of nitrogens with zero attached hydrogens (tertiary/aromatic N) is 1. The number of aryl methyl sites for hydroxylation is 1. The third kappa shape index (κ3) is 2.57. The number of hydrogen-bond donors (Lipinski definition) is 0. The van der Waals surface area contributed by atoms with Crippen molar-refractivity contribution in [3.05, 3.63) is 52.6 Å². The number of pyridine rings is 1. The van der Waals surface area contributed by atoms with Crippen LogP contribution in [0.1, 0.15) is 5.56 Å². The van der Waals surface area contributed by atoms with Crippen LogP contribution in [0.25, 0.3) is 0 Å². The third-order valence-electron chi connectivity index (χ3n) is 1.94. The molecule has 2 rings (SSSR count). The van der Waals surface area contributed by atoms with Gasteiger partial charge in [-0.1, -0.05) is 15.9 Å². The summed E-state index contributed by atoms with van der Waals surface area (Å²) in [5.41, 5.74) is 1.07. The fraction of sp³-hybridized carbons (Fsp3) is 0.0833. The fourth-order valence-electron chi connectivity index (χ4n) is 1.21. The van der Waals surface area contributed by atoms with Gasteiger partial charge in [-0.3, -0.25) is 0 Å². The van der Waals surface area contributed by atoms with Gasteiger partial charge in [0.25, 0.3) is 0 Å². The Morgan fingerprint density at radius 3 is 2.87 bits per heavy atom. The van der Waals surface area contributed by atoms with E-state index in [1.165, 1.54) is 0 Å². The smallest absolute Gasteiger partial charge is 0.219 e. The monoisotopic (exact) mass is 262 g/mol. The maximum Gasteiger partial charge on any atom is 0.219 e. The van der Waals surface area contributed by atoms with E-state index >= 15 is 0 Å². The zero-order valence-corrected chi connectivity index (χ0v) is 9.78. The van der Waals surface area contributed by atoms with Crippen LogP contribution in [0.2, 0.25) is 0 Å². The van der Waals surface area contributed by atoms with Crippen LogP contribution >= 0.6 is 15.9 Å². The first kappa shape index (κ1) is 10.2. The highest BCUT2D eigenvalue weighted by molar-refractivity contribution is 9.10. The Morgan fingerprint density at radius 2 is 2.20 bits per heavy atom. The van der Waals surface area contributed by atoms with Crippen LogP contribution in [0.4, 0.5) is 0 Å². The van der Waals surface area contributed by atoms with Gasteiger partial charge < -0.3 is 4.74 Å². The van der Waals surface area contributed by atoms with Crippen molar-refractivity contribution < 1.29 is 4.74 Å². The first-order chi connectivity index (χ1) is 7.25. The maximum atomic E-state index is 5.61. The highest BCUT2D eigenvalue weighted by Crippen LogP contribution is 2.25. The van der Waals surface area contributed by atoms with E-state index in [9.17, 15) is 0 Å². The molecule has 3 heteroatoms. The van der Waals surface area contributed by atoms with E-state index < -0.39 is 0 Å². The molecule has 0 saturated carbocycles. The zero-order valence-electron chi connectivity index (χ0n) is 8.20. The standard InChI is InChI=1S/C12H9BrNO/c1-9-8-10(13)5-6-11(9)15-12-4-2-3-7-14-12/h2,4-8H,1H3. The summed E-state index contributed by atoms with van der Waals surface area (Å²) in [4.78, 5) is 4.05. The molecule has 0 amide bonds. The van der Waals surface area contributed by atoms with Crippen LogP contribution in [-0.2, 0) is 0 Å². The molecule has 15 heavy (non-hydrogen) atoms. The molecule has 1 aromatic heterocycles. The Morgan fingerprint density at radius 1 is 1.33 bits per heavy atom. The van der Waals surface area contributed by atoms with E-state index in [1.54, 1.807) is 18.3 Å². The van der Waals surface area contributed by atoms with E-state index in [-0.39, 0.29) is 0 Å². The van der Waals surface area contributed by atoms with Crippen molar-refractivity contribution >= 4 is 15.9 Å². The van der Waals surface area contributed by atoms with Gasteiger partial charge in [0.05, 0.1) is 0 Å². The number of hydrogen-bond acceptors (Lipinski definition) is 2. The Kier molecular flexibility index (Phi) is 3.02. The van der Waals surface area contributed by atoms with Gasteiger partial charge in [0.2, 0.25) is 5.88 Å². The Hall–Kier alpha value is -1.35. The summed E-state index contributed by atoms with van der Waals surface area (Å²) in [6, 6.07) is 12.3. The van der Waals surface area contributed by atoms with Crippen molar-refractivity contribution in [2.24, 2.45) is 0 Å². The zero-order chi connectivity index (χ0) is 10.7. The van der Waals surface area contributed by atoms with Crippen LogP contribution in [0.15, 0.2) is 41.0 Å². The third-order valence-corrected chi connectivity index (χ3v) is 2.43. The van der Waals surface area contributed by atoms with Gasteiger partial charge in [-0.25, -0.2) is 4.98 Å². The lowest BCUT2D eigenvalue weighted by Gasteiger charge is -2.07. The minimum Gasteiger partial charge on any atom is -0.439 e. The average molecular weight is 263 g/mol. The molecule has 0 bridgehead atoms. The maximum absolute atomic E-state index is 5.61. The molecule has 0 unspecified atom stereocenters. The van der Waals surface area contributed by atoms with E-state index in [4.69, 9.17) is 4.74 Å². The van der Waals surface area contributed by atoms with Gasteiger partial charge in [0, 0.05) is 22.8 Å². The van der Waals surface area contributed by atoms with Gasteiger partial charge in [-0.05, 0) is 36.8 Å². The second-order valence-electron chi connectivity index (χ2n) is 3.11. The van der Waals surface area contributed by atoms with Crippen molar-refractivity contribution in [1.82, 2.24) is 4.98 Å². The number of aromatic nitrogens is 1. The highest BCUT2D eigenvalue weighted by Gasteiger charge is 2.01. The van der Waals surface area contributed by atoms with E-state index in [0.29, 0.717) is 5.88 Å². The molecular weight excluding hydrogens is 254 g/mol. The number of halogens is 1. The summed E-state index contributed by atoms with van der Waals surface area (Å²) in [6.07, 6.45) is 1.59. The lowest BCUT2D eigenvalue weighted by molar-refractivity contribution is 0.459. The van der Waals surface area contributed by atoms with Crippen molar-refractivity contribution in [2.75, 3.05) is 0 Å². The van der Waals surface area contributed by atoms with E-state index in [1.807, 2.05) is 25.1 Å². The summed E-state index contributed by atoms with van der Waals surface area (Å²) >= 11 is 3.41. The molecule has 2 nitrogen and oxygen atoms in total. The number of ether oxygens (including phenoxy) is 1. The van der Waals surface area contributed by atoms with Crippen LogP contribution < -0.4 is 4.74 Å². The predicted octanol–water partition coefficient (Wildman–Crippen LogP) is 3.75. The first-order valence-electron chi connectivity index (χ1n) is 4.52. The molecule has 0 aliphatic heterocycles. The van der Waals surface area contributed by atoms with Crippen LogP contribution in [0, 0.1) is 13.0 Å². The quantitative estimate of drug-likeness (QED) is 0.823. The molecule has 0 atom stereocenters. The minimum atomic E-state index is 0.583. The minimum absolute atomic E-state index is 0.583. The van der Waals surface area contributed by atoms with Crippen molar-refractivity contribution in [3.8, 4) is 11.6 Å². The predicted molar refractivity (Wildman–Crippen MR) is 62.0 cm³/mol. The summed E-state index contributed by atoms with van der Waals surface area (Å²) in [7, 11) is 0. The molecule has 0 N–H and O–H groups in total. The van der Waals surface area contributed by atoms with Gasteiger partial charge >= 0.3 is 0 Å². The van der Waals surface area contributed by atoms with Crippen molar-refractivity contribution in [1.29, 1.82) is 0 Å². The molecule has 1 aromatic carbocycles. The first-order valence-corrected chi connectivity index (χ1v) is 5.31. The van der Waals surface area contributed by atoms with Crippen LogP contribution in [0.5, 0.6) is 11.6 Å². The molecule has 2 aromatic rings. The number of benzene rings is 1. The molecular formula is C12H9BrNO. The van der Waals surface area contributed by atoms with Crippen LogP contribution in [0.3, 0.4) is 0 Å². The molecule has 1 radical (unpaired) electrons.